The van der Waals surface area contributed by atoms with Gasteiger partial charge in [-0.3, -0.25) is 9.69 Å². The molecule has 0 spiro atoms. The molecule has 0 saturated heterocycles. The average molecular weight is 539 g/mol. The van der Waals surface area contributed by atoms with Crippen molar-refractivity contribution in [2.45, 2.75) is 11.4 Å². The van der Waals surface area contributed by atoms with Crippen molar-refractivity contribution in [2.24, 2.45) is 0 Å². The molecule has 194 valence electrons. The number of hydrogen-bond acceptors (Lipinski definition) is 7. The number of nitrogens with zero attached hydrogens (tertiary/aromatic N) is 4. The first-order valence-electron chi connectivity index (χ1n) is 11.7. The van der Waals surface area contributed by atoms with Gasteiger partial charge >= 0.3 is 0 Å². The van der Waals surface area contributed by atoms with E-state index >= 15 is 0 Å². The lowest BCUT2D eigenvalue weighted by Crippen LogP contribution is -2.36. The number of fused-ring (bicyclic) bond motifs is 1. The third-order valence-electron chi connectivity index (χ3n) is 5.89. The number of amides is 1. The van der Waals surface area contributed by atoms with E-state index in [-0.39, 0.29) is 17.3 Å². The van der Waals surface area contributed by atoms with Crippen LogP contribution >= 0.6 is 11.3 Å². The molecule has 4 rings (SSSR count). The standard InChI is InChI=1S/C27H30N4O4S2/c1-29(2)16-17-31(27-28-24-18-22(35-4)12-15-25(24)36-27)26(32)21-10-13-23(14-11-21)37(33,34)30(3)19-20-8-6-5-7-9-20/h5-15,18H,16-17,19H2,1-4H3. The second-order valence-electron chi connectivity index (χ2n) is 8.86. The van der Waals surface area contributed by atoms with Gasteiger partial charge in [0.25, 0.3) is 5.91 Å². The lowest BCUT2D eigenvalue weighted by molar-refractivity contribution is 0.0985. The van der Waals surface area contributed by atoms with Gasteiger partial charge in [0.05, 0.1) is 22.2 Å². The molecule has 4 aromatic rings. The van der Waals surface area contributed by atoms with Crippen molar-refractivity contribution < 1.29 is 17.9 Å². The molecule has 0 aliphatic heterocycles. The van der Waals surface area contributed by atoms with E-state index in [9.17, 15) is 13.2 Å². The SMILES string of the molecule is COc1ccc2sc(N(CCN(C)C)C(=O)c3ccc(S(=O)(=O)N(C)Cc4ccccc4)cc3)nc2c1. The first kappa shape index (κ1) is 26.7. The first-order valence-corrected chi connectivity index (χ1v) is 14.0. The maximum Gasteiger partial charge on any atom is 0.260 e. The van der Waals surface area contributed by atoms with Crippen LogP contribution in [0.3, 0.4) is 0 Å². The van der Waals surface area contributed by atoms with Crippen molar-refractivity contribution in [1.82, 2.24) is 14.2 Å². The molecule has 1 aromatic heterocycles. The summed E-state index contributed by atoms with van der Waals surface area (Å²) in [5, 5.41) is 0.578. The Labute approximate surface area is 221 Å². The highest BCUT2D eigenvalue weighted by Crippen LogP contribution is 2.32. The number of carbonyl (C=O) groups excluding carboxylic acids is 1. The molecule has 0 radical (unpaired) electrons. The minimum atomic E-state index is -3.72. The Morgan fingerprint density at radius 3 is 2.30 bits per heavy atom. The molecular weight excluding hydrogens is 508 g/mol. The highest BCUT2D eigenvalue weighted by Gasteiger charge is 2.24. The van der Waals surface area contributed by atoms with E-state index in [1.54, 1.807) is 31.2 Å². The molecular formula is C27H30N4O4S2. The van der Waals surface area contributed by atoms with Gasteiger partial charge in [-0.05, 0) is 56.1 Å². The minimum absolute atomic E-state index is 0.134. The fourth-order valence-corrected chi connectivity index (χ4v) is 5.88. The van der Waals surface area contributed by atoms with Crippen LogP contribution in [0.2, 0.25) is 0 Å². The number of anilines is 1. The van der Waals surface area contributed by atoms with Gasteiger partial charge in [-0.2, -0.15) is 4.31 Å². The Morgan fingerprint density at radius 2 is 1.65 bits per heavy atom. The summed E-state index contributed by atoms with van der Waals surface area (Å²) >= 11 is 1.43. The molecule has 0 N–H and O–H groups in total. The van der Waals surface area contributed by atoms with Crippen molar-refractivity contribution in [1.29, 1.82) is 0 Å². The van der Waals surface area contributed by atoms with E-state index in [1.165, 1.54) is 27.8 Å². The number of ether oxygens (including phenoxy) is 1. The van der Waals surface area contributed by atoms with Gasteiger partial charge in [0.1, 0.15) is 5.75 Å². The summed E-state index contributed by atoms with van der Waals surface area (Å²) in [7, 11) is 3.32. The fraction of sp³-hybridized carbons (Fsp3) is 0.259. The molecule has 0 atom stereocenters. The lowest BCUT2D eigenvalue weighted by Gasteiger charge is -2.22. The number of carbonyl (C=O) groups is 1. The van der Waals surface area contributed by atoms with E-state index in [2.05, 4.69) is 4.98 Å². The van der Waals surface area contributed by atoms with Crippen LogP contribution in [0.5, 0.6) is 5.75 Å². The number of likely N-dealkylation sites (N-methyl/N-ethyl adjacent to an activating group) is 1. The van der Waals surface area contributed by atoms with Gasteiger partial charge in [0, 0.05) is 38.3 Å². The first-order chi connectivity index (χ1) is 17.7. The predicted octanol–water partition coefficient (Wildman–Crippen LogP) is 4.33. The van der Waals surface area contributed by atoms with E-state index in [0.717, 1.165) is 15.8 Å². The number of rotatable bonds is 10. The number of hydrogen-bond donors (Lipinski definition) is 0. The summed E-state index contributed by atoms with van der Waals surface area (Å²) < 4.78 is 33.8. The molecule has 1 heterocycles. The van der Waals surface area contributed by atoms with Gasteiger partial charge in [-0.15, -0.1) is 0 Å². The van der Waals surface area contributed by atoms with Gasteiger partial charge in [0.15, 0.2) is 5.13 Å². The monoisotopic (exact) mass is 538 g/mol. The van der Waals surface area contributed by atoms with Crippen molar-refractivity contribution in [2.75, 3.05) is 46.2 Å². The third-order valence-corrected chi connectivity index (χ3v) is 8.76. The molecule has 1 amide bonds. The number of benzene rings is 3. The molecule has 0 fully saturated rings. The Hall–Kier alpha value is -3.31. The topological polar surface area (TPSA) is 83.0 Å². The molecule has 0 saturated carbocycles. The van der Waals surface area contributed by atoms with Crippen LogP contribution in [-0.4, -0.2) is 69.9 Å². The summed E-state index contributed by atoms with van der Waals surface area (Å²) in [4.78, 5) is 22.0. The minimum Gasteiger partial charge on any atom is -0.497 e. The second kappa shape index (κ2) is 11.4. The summed E-state index contributed by atoms with van der Waals surface area (Å²) in [6.07, 6.45) is 0. The van der Waals surface area contributed by atoms with Gasteiger partial charge in [-0.25, -0.2) is 13.4 Å². The van der Waals surface area contributed by atoms with Crippen LogP contribution in [0.4, 0.5) is 5.13 Å². The second-order valence-corrected chi connectivity index (χ2v) is 11.9. The molecule has 0 unspecified atom stereocenters. The molecule has 0 aliphatic rings. The summed E-state index contributed by atoms with van der Waals surface area (Å²) in [5.74, 6) is 0.457. The molecule has 8 nitrogen and oxygen atoms in total. The van der Waals surface area contributed by atoms with Gasteiger partial charge in [0.2, 0.25) is 10.0 Å². The highest BCUT2D eigenvalue weighted by molar-refractivity contribution is 7.89. The van der Waals surface area contributed by atoms with E-state index in [4.69, 9.17) is 4.74 Å². The van der Waals surface area contributed by atoms with Crippen molar-refractivity contribution in [3.8, 4) is 5.75 Å². The molecule has 3 aromatic carbocycles. The third kappa shape index (κ3) is 6.16. The lowest BCUT2D eigenvalue weighted by atomic mass is 10.2. The number of thiazole rings is 1. The predicted molar refractivity (Wildman–Crippen MR) is 148 cm³/mol. The summed E-state index contributed by atoms with van der Waals surface area (Å²) in [5.41, 5.74) is 2.04. The average Bonchev–Trinajstić information content (AvgIpc) is 3.32. The van der Waals surface area contributed by atoms with E-state index in [0.29, 0.717) is 29.5 Å². The Balaban J connectivity index is 1.58. The Kier molecular flexibility index (Phi) is 8.23. The van der Waals surface area contributed by atoms with Crippen LogP contribution in [-0.2, 0) is 16.6 Å². The van der Waals surface area contributed by atoms with Crippen LogP contribution in [0.15, 0.2) is 77.7 Å². The van der Waals surface area contributed by atoms with Crippen molar-refractivity contribution in [3.63, 3.8) is 0 Å². The summed E-state index contributed by atoms with van der Waals surface area (Å²) in [6, 6.07) is 21.1. The Bertz CT molecular complexity index is 1470. The smallest absolute Gasteiger partial charge is 0.260 e. The van der Waals surface area contributed by atoms with E-state index in [1.807, 2.05) is 67.5 Å². The molecule has 10 heteroatoms. The maximum atomic E-state index is 13.6. The fourth-order valence-electron chi connectivity index (χ4n) is 3.75. The zero-order valence-electron chi connectivity index (χ0n) is 21.3. The van der Waals surface area contributed by atoms with Crippen LogP contribution in [0.25, 0.3) is 10.2 Å². The van der Waals surface area contributed by atoms with Gasteiger partial charge < -0.3 is 9.64 Å². The van der Waals surface area contributed by atoms with Crippen LogP contribution in [0, 0.1) is 0 Å². The zero-order chi connectivity index (χ0) is 26.6. The Morgan fingerprint density at radius 1 is 0.946 bits per heavy atom. The maximum absolute atomic E-state index is 13.6. The quantitative estimate of drug-likeness (QED) is 0.299. The molecule has 0 aliphatic carbocycles. The molecule has 37 heavy (non-hydrogen) atoms. The largest absolute Gasteiger partial charge is 0.497 e. The number of aromatic nitrogens is 1. The number of methoxy groups -OCH3 is 1. The summed E-state index contributed by atoms with van der Waals surface area (Å²) in [6.45, 7) is 1.33. The van der Waals surface area contributed by atoms with Crippen LogP contribution in [0.1, 0.15) is 15.9 Å². The molecule has 0 bridgehead atoms. The zero-order valence-corrected chi connectivity index (χ0v) is 22.9. The van der Waals surface area contributed by atoms with Crippen molar-refractivity contribution in [3.05, 3.63) is 83.9 Å². The van der Waals surface area contributed by atoms with Crippen LogP contribution < -0.4 is 9.64 Å². The highest BCUT2D eigenvalue weighted by atomic mass is 32.2. The van der Waals surface area contributed by atoms with Crippen molar-refractivity contribution >= 4 is 42.6 Å². The number of sulfonamides is 1. The van der Waals surface area contributed by atoms with E-state index < -0.39 is 10.0 Å². The van der Waals surface area contributed by atoms with Gasteiger partial charge in [-0.1, -0.05) is 41.7 Å². The normalized spacial score (nSPS) is 11.8.